The first-order chi connectivity index (χ1) is 9.28. The molecule has 0 spiro atoms. The molecule has 0 aromatic heterocycles. The highest BCUT2D eigenvalue weighted by Gasteiger charge is 2.19. The van der Waals surface area contributed by atoms with Crippen LogP contribution in [0.5, 0.6) is 0 Å². The molecule has 19 heavy (non-hydrogen) atoms. The maximum absolute atomic E-state index is 13.8. The molecule has 2 aromatic carbocycles. The number of carbonyl (C=O) groups is 1. The van der Waals surface area contributed by atoms with Crippen molar-refractivity contribution in [3.63, 3.8) is 0 Å². The second-order valence-electron chi connectivity index (χ2n) is 5.11. The zero-order valence-electron chi connectivity index (χ0n) is 10.6. The molecule has 0 unspecified atom stereocenters. The standard InChI is InChI=1S/C17H15FO/c18-17-9-4-12(11-19)10-16(17)15-7-5-14(6-8-15)13-2-1-3-13/h4-11,13H,1-3H2. The van der Waals surface area contributed by atoms with Crippen molar-refractivity contribution in [2.75, 3.05) is 0 Å². The Morgan fingerprint density at radius 2 is 1.79 bits per heavy atom. The summed E-state index contributed by atoms with van der Waals surface area (Å²) < 4.78 is 13.8. The van der Waals surface area contributed by atoms with E-state index in [1.165, 1.54) is 37.0 Å². The molecule has 2 aromatic rings. The smallest absolute Gasteiger partial charge is 0.150 e. The zero-order valence-corrected chi connectivity index (χ0v) is 10.6. The summed E-state index contributed by atoms with van der Waals surface area (Å²) >= 11 is 0. The lowest BCUT2D eigenvalue weighted by Gasteiger charge is -2.25. The van der Waals surface area contributed by atoms with Crippen LogP contribution >= 0.6 is 0 Å². The lowest BCUT2D eigenvalue weighted by molar-refractivity contribution is 0.112. The van der Waals surface area contributed by atoms with Gasteiger partial charge in [0.15, 0.2) is 0 Å². The van der Waals surface area contributed by atoms with E-state index in [1.807, 2.05) is 12.1 Å². The summed E-state index contributed by atoms with van der Waals surface area (Å²) in [5.74, 6) is 0.391. The topological polar surface area (TPSA) is 17.1 Å². The summed E-state index contributed by atoms with van der Waals surface area (Å²) in [6.45, 7) is 0. The average Bonchev–Trinajstić information content (AvgIpc) is 2.38. The van der Waals surface area contributed by atoms with Gasteiger partial charge in [-0.2, -0.15) is 0 Å². The number of rotatable bonds is 3. The molecule has 0 radical (unpaired) electrons. The third-order valence-electron chi connectivity index (χ3n) is 3.92. The number of benzene rings is 2. The number of hydrogen-bond acceptors (Lipinski definition) is 1. The Hall–Kier alpha value is -1.96. The maximum Gasteiger partial charge on any atom is 0.150 e. The molecular weight excluding hydrogens is 239 g/mol. The largest absolute Gasteiger partial charge is 0.298 e. The van der Waals surface area contributed by atoms with Gasteiger partial charge in [0.1, 0.15) is 12.1 Å². The van der Waals surface area contributed by atoms with E-state index in [0.717, 1.165) is 11.8 Å². The second-order valence-corrected chi connectivity index (χ2v) is 5.11. The van der Waals surface area contributed by atoms with Crippen molar-refractivity contribution in [2.24, 2.45) is 0 Å². The van der Waals surface area contributed by atoms with Crippen molar-refractivity contribution < 1.29 is 9.18 Å². The van der Waals surface area contributed by atoms with Crippen molar-refractivity contribution in [3.8, 4) is 11.1 Å². The Kier molecular flexibility index (Phi) is 3.16. The van der Waals surface area contributed by atoms with Crippen molar-refractivity contribution >= 4 is 6.29 Å². The van der Waals surface area contributed by atoms with Crippen LogP contribution in [-0.4, -0.2) is 6.29 Å². The van der Waals surface area contributed by atoms with Gasteiger partial charge in [0.25, 0.3) is 0 Å². The van der Waals surface area contributed by atoms with Gasteiger partial charge in [0.2, 0.25) is 0 Å². The first-order valence-electron chi connectivity index (χ1n) is 6.63. The molecule has 1 aliphatic rings. The van der Waals surface area contributed by atoms with Crippen LogP contribution in [0.4, 0.5) is 4.39 Å². The molecule has 96 valence electrons. The summed E-state index contributed by atoms with van der Waals surface area (Å²) in [6.07, 6.45) is 4.57. The van der Waals surface area contributed by atoms with Gasteiger partial charge in [-0.05, 0) is 48.1 Å². The predicted octanol–water partition coefficient (Wildman–Crippen LogP) is 4.57. The van der Waals surface area contributed by atoms with Gasteiger partial charge in [-0.1, -0.05) is 30.7 Å². The summed E-state index contributed by atoms with van der Waals surface area (Å²) in [5.41, 5.74) is 3.15. The minimum atomic E-state index is -0.290. The quantitative estimate of drug-likeness (QED) is 0.733. The molecule has 2 heteroatoms. The van der Waals surface area contributed by atoms with Gasteiger partial charge in [-0.25, -0.2) is 4.39 Å². The Morgan fingerprint density at radius 1 is 1.05 bits per heavy atom. The number of halogens is 1. The second kappa shape index (κ2) is 4.96. The van der Waals surface area contributed by atoms with Crippen molar-refractivity contribution in [2.45, 2.75) is 25.2 Å². The van der Waals surface area contributed by atoms with Crippen molar-refractivity contribution in [1.82, 2.24) is 0 Å². The van der Waals surface area contributed by atoms with E-state index in [9.17, 15) is 9.18 Å². The van der Waals surface area contributed by atoms with Gasteiger partial charge in [0.05, 0.1) is 0 Å². The van der Waals surface area contributed by atoms with E-state index >= 15 is 0 Å². The summed E-state index contributed by atoms with van der Waals surface area (Å²) in [6, 6.07) is 12.5. The first-order valence-corrected chi connectivity index (χ1v) is 6.63. The molecule has 0 atom stereocenters. The molecule has 3 rings (SSSR count). The normalized spacial score (nSPS) is 15.0. The molecule has 1 saturated carbocycles. The lowest BCUT2D eigenvalue weighted by atomic mass is 9.80. The van der Waals surface area contributed by atoms with E-state index in [1.54, 1.807) is 6.07 Å². The third-order valence-corrected chi connectivity index (χ3v) is 3.92. The van der Waals surface area contributed by atoms with E-state index < -0.39 is 0 Å². The Balaban J connectivity index is 1.94. The summed E-state index contributed by atoms with van der Waals surface area (Å²) in [5, 5.41) is 0. The minimum absolute atomic E-state index is 0.290. The van der Waals surface area contributed by atoms with Gasteiger partial charge in [-0.15, -0.1) is 0 Å². The fourth-order valence-electron chi connectivity index (χ4n) is 2.51. The molecule has 0 aliphatic heterocycles. The molecule has 0 saturated heterocycles. The number of carbonyl (C=O) groups excluding carboxylic acids is 1. The Labute approximate surface area is 112 Å². The monoisotopic (exact) mass is 254 g/mol. The molecular formula is C17H15FO. The Morgan fingerprint density at radius 3 is 2.37 bits per heavy atom. The van der Waals surface area contributed by atoms with Crippen LogP contribution in [0.15, 0.2) is 42.5 Å². The molecule has 1 nitrogen and oxygen atoms in total. The van der Waals surface area contributed by atoms with Crippen LogP contribution in [-0.2, 0) is 0 Å². The highest BCUT2D eigenvalue weighted by Crippen LogP contribution is 2.37. The van der Waals surface area contributed by atoms with Gasteiger partial charge in [0, 0.05) is 11.1 Å². The lowest BCUT2D eigenvalue weighted by Crippen LogP contribution is -2.08. The first kappa shape index (κ1) is 12.1. The van der Waals surface area contributed by atoms with Crippen LogP contribution in [0.2, 0.25) is 0 Å². The predicted molar refractivity (Wildman–Crippen MR) is 73.8 cm³/mol. The highest BCUT2D eigenvalue weighted by atomic mass is 19.1. The summed E-state index contributed by atoms with van der Waals surface area (Å²) in [4.78, 5) is 10.8. The fourth-order valence-corrected chi connectivity index (χ4v) is 2.51. The van der Waals surface area contributed by atoms with Crippen molar-refractivity contribution in [1.29, 1.82) is 0 Å². The van der Waals surface area contributed by atoms with Gasteiger partial charge in [-0.3, -0.25) is 4.79 Å². The fraction of sp³-hybridized carbons (Fsp3) is 0.235. The highest BCUT2D eigenvalue weighted by molar-refractivity contribution is 5.79. The van der Waals surface area contributed by atoms with Crippen LogP contribution in [0.1, 0.15) is 41.1 Å². The van der Waals surface area contributed by atoms with E-state index in [2.05, 4.69) is 12.1 Å². The van der Waals surface area contributed by atoms with Crippen LogP contribution in [0.3, 0.4) is 0 Å². The van der Waals surface area contributed by atoms with E-state index in [4.69, 9.17) is 0 Å². The van der Waals surface area contributed by atoms with Crippen molar-refractivity contribution in [3.05, 3.63) is 59.4 Å². The van der Waals surface area contributed by atoms with Gasteiger partial charge < -0.3 is 0 Å². The Bertz CT molecular complexity index is 597. The molecule has 0 N–H and O–H groups in total. The maximum atomic E-state index is 13.8. The number of aldehydes is 1. The van der Waals surface area contributed by atoms with Crippen LogP contribution in [0, 0.1) is 5.82 Å². The van der Waals surface area contributed by atoms with Gasteiger partial charge >= 0.3 is 0 Å². The minimum Gasteiger partial charge on any atom is -0.298 e. The summed E-state index contributed by atoms with van der Waals surface area (Å²) in [7, 11) is 0. The van der Waals surface area contributed by atoms with E-state index in [0.29, 0.717) is 17.0 Å². The SMILES string of the molecule is O=Cc1ccc(F)c(-c2ccc(C3CCC3)cc2)c1. The van der Waals surface area contributed by atoms with Crippen LogP contribution < -0.4 is 0 Å². The van der Waals surface area contributed by atoms with Crippen LogP contribution in [0.25, 0.3) is 11.1 Å². The van der Waals surface area contributed by atoms with E-state index in [-0.39, 0.29) is 5.82 Å². The molecule has 1 fully saturated rings. The average molecular weight is 254 g/mol. The zero-order chi connectivity index (χ0) is 13.2. The third kappa shape index (κ3) is 2.30. The molecule has 0 bridgehead atoms. The molecule has 0 heterocycles. The molecule has 1 aliphatic carbocycles. The molecule has 0 amide bonds. The number of hydrogen-bond donors (Lipinski definition) is 0.